The lowest BCUT2D eigenvalue weighted by atomic mass is 9.99. The van der Waals surface area contributed by atoms with Gasteiger partial charge in [-0.1, -0.05) is 29.9 Å². The Morgan fingerprint density at radius 1 is 1.36 bits per heavy atom. The van der Waals surface area contributed by atoms with Gasteiger partial charge in [0.05, 0.1) is 15.9 Å². The number of fused-ring (bicyclic) bond motifs is 2. The van der Waals surface area contributed by atoms with Crippen LogP contribution in [0, 0.1) is 5.82 Å². The molecule has 1 atom stereocenters. The Morgan fingerprint density at radius 2 is 2.12 bits per heavy atom. The zero-order valence-corrected chi connectivity index (χ0v) is 15.8. The third kappa shape index (κ3) is 2.62. The summed E-state index contributed by atoms with van der Waals surface area (Å²) in [6.45, 7) is 4.03. The standard InChI is InChI=1S/C18H19ClFN3OS/c1-3-10(2)22-15-9-14(12(20)8-16(15)25-18(22)24)23-17(19)11-6-4-5-7-13(11)21-23/h8-10H,3-7H2,1-2H3. The smallest absolute Gasteiger partial charge is 0.296 e. The maximum Gasteiger partial charge on any atom is 0.308 e. The number of thiazole rings is 1. The second kappa shape index (κ2) is 6.25. The van der Waals surface area contributed by atoms with E-state index >= 15 is 0 Å². The van der Waals surface area contributed by atoms with E-state index in [9.17, 15) is 9.18 Å². The van der Waals surface area contributed by atoms with E-state index in [0.717, 1.165) is 60.2 Å². The van der Waals surface area contributed by atoms with Crippen LogP contribution in [0.5, 0.6) is 0 Å². The van der Waals surface area contributed by atoms with Crippen LogP contribution in [-0.2, 0) is 12.8 Å². The number of nitrogens with zero attached hydrogens (tertiary/aromatic N) is 3. The second-order valence-electron chi connectivity index (χ2n) is 6.60. The summed E-state index contributed by atoms with van der Waals surface area (Å²) in [7, 11) is 0. The summed E-state index contributed by atoms with van der Waals surface area (Å²) in [5, 5.41) is 5.04. The van der Waals surface area contributed by atoms with Gasteiger partial charge >= 0.3 is 4.87 Å². The highest BCUT2D eigenvalue weighted by Crippen LogP contribution is 2.32. The summed E-state index contributed by atoms with van der Waals surface area (Å²) in [6.07, 6.45) is 4.75. The normalized spacial score (nSPS) is 15.5. The van der Waals surface area contributed by atoms with Gasteiger partial charge < -0.3 is 0 Å². The molecule has 0 bridgehead atoms. The molecule has 4 nitrogen and oxygen atoms in total. The second-order valence-corrected chi connectivity index (χ2v) is 7.95. The highest BCUT2D eigenvalue weighted by molar-refractivity contribution is 7.16. The van der Waals surface area contributed by atoms with Crippen LogP contribution in [0.1, 0.15) is 50.4 Å². The number of rotatable bonds is 3. The van der Waals surface area contributed by atoms with Crippen molar-refractivity contribution < 1.29 is 4.39 Å². The van der Waals surface area contributed by atoms with E-state index in [4.69, 9.17) is 11.6 Å². The van der Waals surface area contributed by atoms with E-state index in [1.807, 2.05) is 13.8 Å². The van der Waals surface area contributed by atoms with Crippen LogP contribution >= 0.6 is 22.9 Å². The fourth-order valence-corrected chi connectivity index (χ4v) is 4.80. The molecule has 0 N–H and O–H groups in total. The lowest BCUT2D eigenvalue weighted by Gasteiger charge is -2.12. The number of halogens is 2. The molecule has 1 aromatic carbocycles. The van der Waals surface area contributed by atoms with Crippen molar-refractivity contribution in [3.63, 3.8) is 0 Å². The Hall–Kier alpha value is -1.66. The van der Waals surface area contributed by atoms with E-state index in [1.165, 1.54) is 10.7 Å². The first-order valence-corrected chi connectivity index (χ1v) is 9.82. The molecule has 0 aliphatic heterocycles. The van der Waals surface area contributed by atoms with Crippen molar-refractivity contribution in [1.82, 2.24) is 14.3 Å². The molecule has 0 radical (unpaired) electrons. The van der Waals surface area contributed by atoms with Gasteiger partial charge in [-0.15, -0.1) is 0 Å². The van der Waals surface area contributed by atoms with Crippen molar-refractivity contribution in [2.45, 2.75) is 52.0 Å². The van der Waals surface area contributed by atoms with Crippen LogP contribution < -0.4 is 4.87 Å². The van der Waals surface area contributed by atoms with Gasteiger partial charge in [-0.05, 0) is 51.2 Å². The molecule has 1 aliphatic rings. The molecule has 7 heteroatoms. The summed E-state index contributed by atoms with van der Waals surface area (Å²) in [4.78, 5) is 12.3. The van der Waals surface area contributed by atoms with E-state index < -0.39 is 5.82 Å². The molecule has 4 rings (SSSR count). The molecular weight excluding hydrogens is 361 g/mol. The zero-order valence-electron chi connectivity index (χ0n) is 14.2. The molecule has 0 spiro atoms. The maximum atomic E-state index is 14.7. The number of hydrogen-bond donors (Lipinski definition) is 0. The lowest BCUT2D eigenvalue weighted by molar-refractivity contribution is 0.538. The van der Waals surface area contributed by atoms with E-state index in [2.05, 4.69) is 5.10 Å². The van der Waals surface area contributed by atoms with Gasteiger partial charge in [0.25, 0.3) is 0 Å². The van der Waals surface area contributed by atoms with E-state index in [1.54, 1.807) is 10.6 Å². The first-order valence-electron chi connectivity index (χ1n) is 8.62. The van der Waals surface area contributed by atoms with Crippen molar-refractivity contribution in [1.29, 1.82) is 0 Å². The Balaban J connectivity index is 1.95. The summed E-state index contributed by atoms with van der Waals surface area (Å²) >= 11 is 7.58. The third-order valence-electron chi connectivity index (χ3n) is 5.04. The Labute approximate surface area is 153 Å². The minimum absolute atomic E-state index is 0.0564. The van der Waals surface area contributed by atoms with Gasteiger partial charge in [0.15, 0.2) is 0 Å². The minimum atomic E-state index is -0.410. The van der Waals surface area contributed by atoms with Crippen LogP contribution in [0.2, 0.25) is 5.15 Å². The predicted octanol–water partition coefficient (Wildman–Crippen LogP) is 4.89. The minimum Gasteiger partial charge on any atom is -0.296 e. The molecule has 25 heavy (non-hydrogen) atoms. The zero-order chi connectivity index (χ0) is 17.7. The SMILES string of the molecule is CCC(C)n1c(=O)sc2cc(F)c(-n3nc4c(c3Cl)CCCC4)cc21. The van der Waals surface area contributed by atoms with Crippen molar-refractivity contribution in [3.05, 3.63) is 44.0 Å². The quantitative estimate of drug-likeness (QED) is 0.649. The molecule has 2 aromatic heterocycles. The third-order valence-corrected chi connectivity index (χ3v) is 6.34. The molecular formula is C18H19ClFN3OS. The molecule has 1 aliphatic carbocycles. The van der Waals surface area contributed by atoms with Gasteiger partial charge in [-0.3, -0.25) is 9.36 Å². The average molecular weight is 380 g/mol. The first-order chi connectivity index (χ1) is 12.0. The lowest BCUT2D eigenvalue weighted by Crippen LogP contribution is -2.16. The van der Waals surface area contributed by atoms with Crippen LogP contribution in [-0.4, -0.2) is 14.3 Å². The highest BCUT2D eigenvalue weighted by Gasteiger charge is 2.23. The first kappa shape index (κ1) is 16.8. The molecule has 132 valence electrons. The molecule has 3 aromatic rings. The van der Waals surface area contributed by atoms with Crippen molar-refractivity contribution in [2.75, 3.05) is 0 Å². The van der Waals surface area contributed by atoms with Gasteiger partial charge in [0.1, 0.15) is 16.7 Å². The topological polar surface area (TPSA) is 39.8 Å². The number of aryl methyl sites for hydroxylation is 1. The molecule has 1 unspecified atom stereocenters. The maximum absolute atomic E-state index is 14.7. The number of hydrogen-bond acceptors (Lipinski definition) is 3. The van der Waals surface area contributed by atoms with Crippen molar-refractivity contribution >= 4 is 33.2 Å². The van der Waals surface area contributed by atoms with Crippen molar-refractivity contribution in [3.8, 4) is 5.69 Å². The molecule has 2 heterocycles. The summed E-state index contributed by atoms with van der Waals surface area (Å²) in [5.74, 6) is -0.410. The largest absolute Gasteiger partial charge is 0.308 e. The van der Waals surface area contributed by atoms with Crippen LogP contribution in [0.25, 0.3) is 15.9 Å². The van der Waals surface area contributed by atoms with E-state index in [0.29, 0.717) is 15.5 Å². The molecule has 0 fully saturated rings. The number of benzene rings is 1. The Morgan fingerprint density at radius 3 is 2.84 bits per heavy atom. The molecule has 0 saturated heterocycles. The van der Waals surface area contributed by atoms with Gasteiger partial charge in [-0.2, -0.15) is 5.10 Å². The fourth-order valence-electron chi connectivity index (χ4n) is 3.48. The van der Waals surface area contributed by atoms with E-state index in [-0.39, 0.29) is 10.9 Å². The van der Waals surface area contributed by atoms with Crippen molar-refractivity contribution in [2.24, 2.45) is 0 Å². The monoisotopic (exact) mass is 379 g/mol. The molecule has 0 amide bonds. The average Bonchev–Trinajstić information content (AvgIpc) is 3.10. The van der Waals surface area contributed by atoms with Gasteiger partial charge in [-0.25, -0.2) is 9.07 Å². The van der Waals surface area contributed by atoms with Gasteiger partial charge in [0.2, 0.25) is 0 Å². The summed E-state index contributed by atoms with van der Waals surface area (Å²) < 4.78 is 18.6. The fraction of sp³-hybridized carbons (Fsp3) is 0.444. The Kier molecular flexibility index (Phi) is 4.20. The summed E-state index contributed by atoms with van der Waals surface area (Å²) in [5.41, 5.74) is 3.03. The molecule has 0 saturated carbocycles. The Bertz CT molecular complexity index is 1020. The van der Waals surface area contributed by atoms with Crippen LogP contribution in [0.15, 0.2) is 16.9 Å². The summed E-state index contributed by atoms with van der Waals surface area (Å²) in [6, 6.07) is 3.19. The van der Waals surface area contributed by atoms with Crippen LogP contribution in [0.4, 0.5) is 4.39 Å². The van der Waals surface area contributed by atoms with Gasteiger partial charge in [0, 0.05) is 11.6 Å². The highest BCUT2D eigenvalue weighted by atomic mass is 35.5. The predicted molar refractivity (Wildman–Crippen MR) is 99.8 cm³/mol. The number of aromatic nitrogens is 3. The van der Waals surface area contributed by atoms with Crippen LogP contribution in [0.3, 0.4) is 0 Å².